The minimum Gasteiger partial charge on any atom is -0.496 e. The number of urea groups is 1. The number of carbonyl (C=O) groups is 1. The van der Waals surface area contributed by atoms with E-state index in [-0.39, 0.29) is 11.4 Å². The first-order valence-corrected chi connectivity index (χ1v) is 8.14. The monoisotopic (exact) mass is 363 g/mol. The van der Waals surface area contributed by atoms with Gasteiger partial charge in [-0.05, 0) is 36.4 Å². The Labute approximate surface area is 156 Å². The maximum absolute atomic E-state index is 13.0. The zero-order chi connectivity index (χ0) is 19.2. The van der Waals surface area contributed by atoms with E-state index < -0.39 is 11.0 Å². The maximum atomic E-state index is 13.0. The predicted molar refractivity (Wildman–Crippen MR) is 104 cm³/mol. The van der Waals surface area contributed by atoms with Gasteiger partial charge in [-0.2, -0.15) is 0 Å². The fraction of sp³-hybridized carbons (Fsp3) is 0.0500. The van der Waals surface area contributed by atoms with E-state index in [0.717, 1.165) is 0 Å². The maximum Gasteiger partial charge on any atom is 0.331 e. The molecule has 0 aliphatic heterocycles. The molecule has 0 aromatic heterocycles. The number of nitro groups is 1. The smallest absolute Gasteiger partial charge is 0.331 e. The van der Waals surface area contributed by atoms with Crippen molar-refractivity contribution in [2.75, 3.05) is 17.3 Å². The van der Waals surface area contributed by atoms with Gasteiger partial charge in [0.2, 0.25) is 0 Å². The van der Waals surface area contributed by atoms with Crippen molar-refractivity contribution < 1.29 is 14.5 Å². The standard InChI is InChI=1S/C20H17N3O4/c1-27-17-12-13-18(19(14-17)23(25)26)21-20(24)22(15-8-4-2-5-9-15)16-10-6-3-7-11-16/h2-14H,1H3,(H,21,24). The zero-order valence-corrected chi connectivity index (χ0v) is 14.5. The molecule has 0 aliphatic carbocycles. The lowest BCUT2D eigenvalue weighted by molar-refractivity contribution is -0.384. The number of methoxy groups -OCH3 is 1. The van der Waals surface area contributed by atoms with E-state index in [1.165, 1.54) is 24.1 Å². The molecule has 7 heteroatoms. The van der Waals surface area contributed by atoms with E-state index in [9.17, 15) is 14.9 Å². The molecule has 3 rings (SSSR count). The summed E-state index contributed by atoms with van der Waals surface area (Å²) >= 11 is 0. The molecule has 0 spiro atoms. The summed E-state index contributed by atoms with van der Waals surface area (Å²) in [6.07, 6.45) is 0. The molecule has 0 saturated heterocycles. The summed E-state index contributed by atoms with van der Waals surface area (Å²) < 4.78 is 5.02. The minimum absolute atomic E-state index is 0.0858. The van der Waals surface area contributed by atoms with E-state index >= 15 is 0 Å². The molecule has 136 valence electrons. The summed E-state index contributed by atoms with van der Waals surface area (Å²) in [5.74, 6) is 0.336. The van der Waals surface area contributed by atoms with Crippen LogP contribution in [0.15, 0.2) is 78.9 Å². The highest BCUT2D eigenvalue weighted by atomic mass is 16.6. The van der Waals surface area contributed by atoms with Gasteiger partial charge in [-0.25, -0.2) is 4.79 Å². The van der Waals surface area contributed by atoms with Gasteiger partial charge in [0.1, 0.15) is 11.4 Å². The van der Waals surface area contributed by atoms with E-state index in [2.05, 4.69) is 5.32 Å². The zero-order valence-electron chi connectivity index (χ0n) is 14.5. The van der Waals surface area contributed by atoms with Gasteiger partial charge < -0.3 is 10.1 Å². The molecule has 0 heterocycles. The summed E-state index contributed by atoms with van der Waals surface area (Å²) in [6.45, 7) is 0. The summed E-state index contributed by atoms with van der Waals surface area (Å²) in [7, 11) is 1.42. The first-order valence-electron chi connectivity index (χ1n) is 8.14. The van der Waals surface area contributed by atoms with E-state index in [1.54, 1.807) is 30.3 Å². The van der Waals surface area contributed by atoms with Crippen LogP contribution in [0, 0.1) is 10.1 Å². The fourth-order valence-electron chi connectivity index (χ4n) is 2.60. The number of carbonyl (C=O) groups excluding carboxylic acids is 1. The number of nitrogens with one attached hydrogen (secondary N) is 1. The van der Waals surface area contributed by atoms with E-state index in [4.69, 9.17) is 4.74 Å². The lowest BCUT2D eigenvalue weighted by Gasteiger charge is -2.23. The molecule has 3 aromatic carbocycles. The third-order valence-electron chi connectivity index (χ3n) is 3.88. The van der Waals surface area contributed by atoms with Crippen LogP contribution in [0.2, 0.25) is 0 Å². The van der Waals surface area contributed by atoms with Crippen LogP contribution in [0.25, 0.3) is 0 Å². The molecule has 1 N–H and O–H groups in total. The molecule has 0 saturated carbocycles. The van der Waals surface area contributed by atoms with Crippen LogP contribution in [-0.2, 0) is 0 Å². The Balaban J connectivity index is 1.98. The first kappa shape index (κ1) is 17.9. The number of hydrogen-bond donors (Lipinski definition) is 1. The molecule has 0 aliphatic rings. The SMILES string of the molecule is COc1ccc(NC(=O)N(c2ccccc2)c2ccccc2)c([N+](=O)[O-])c1. The van der Waals surface area contributed by atoms with Crippen LogP contribution in [-0.4, -0.2) is 18.1 Å². The van der Waals surface area contributed by atoms with Gasteiger partial charge in [0.05, 0.1) is 29.5 Å². The topological polar surface area (TPSA) is 84.7 Å². The van der Waals surface area contributed by atoms with Crippen LogP contribution in [0.3, 0.4) is 0 Å². The van der Waals surface area contributed by atoms with Gasteiger partial charge in [-0.1, -0.05) is 36.4 Å². The van der Waals surface area contributed by atoms with Crippen molar-refractivity contribution in [2.45, 2.75) is 0 Å². The quantitative estimate of drug-likeness (QED) is 0.512. The molecule has 2 amide bonds. The highest BCUT2D eigenvalue weighted by Crippen LogP contribution is 2.31. The molecule has 3 aromatic rings. The first-order chi connectivity index (χ1) is 13.1. The Bertz CT molecular complexity index is 906. The van der Waals surface area contributed by atoms with E-state index in [1.807, 2.05) is 36.4 Å². The lowest BCUT2D eigenvalue weighted by Crippen LogP contribution is -2.31. The highest BCUT2D eigenvalue weighted by Gasteiger charge is 2.22. The van der Waals surface area contributed by atoms with Crippen molar-refractivity contribution in [3.05, 3.63) is 89.0 Å². The number of amides is 2. The van der Waals surface area contributed by atoms with Crippen LogP contribution in [0.1, 0.15) is 0 Å². The number of ether oxygens (including phenoxy) is 1. The van der Waals surface area contributed by atoms with Crippen LogP contribution >= 0.6 is 0 Å². The second-order valence-corrected chi connectivity index (χ2v) is 5.58. The molecule has 0 radical (unpaired) electrons. The van der Waals surface area contributed by atoms with Crippen molar-refractivity contribution in [1.29, 1.82) is 0 Å². The number of benzene rings is 3. The van der Waals surface area contributed by atoms with Crippen molar-refractivity contribution >= 4 is 28.8 Å². The predicted octanol–water partition coefficient (Wildman–Crippen LogP) is 4.97. The summed E-state index contributed by atoms with van der Waals surface area (Å²) in [6, 6.07) is 21.9. The summed E-state index contributed by atoms with van der Waals surface area (Å²) in [5.41, 5.74) is 1.11. The van der Waals surface area contributed by atoms with E-state index in [0.29, 0.717) is 17.1 Å². The number of para-hydroxylation sites is 2. The number of hydrogen-bond acceptors (Lipinski definition) is 4. The molecule has 0 unspecified atom stereocenters. The van der Waals surface area contributed by atoms with Crippen molar-refractivity contribution in [3.63, 3.8) is 0 Å². The Morgan fingerprint density at radius 1 is 0.963 bits per heavy atom. The number of anilines is 3. The minimum atomic E-state index is -0.562. The normalized spacial score (nSPS) is 10.1. The molecular weight excluding hydrogens is 346 g/mol. The van der Waals surface area contributed by atoms with Crippen molar-refractivity contribution in [2.24, 2.45) is 0 Å². The van der Waals surface area contributed by atoms with Crippen molar-refractivity contribution in [3.8, 4) is 5.75 Å². The third kappa shape index (κ3) is 4.04. The molecule has 27 heavy (non-hydrogen) atoms. The van der Waals surface area contributed by atoms with Crippen LogP contribution < -0.4 is 15.0 Å². The van der Waals surface area contributed by atoms with Gasteiger partial charge in [-0.3, -0.25) is 15.0 Å². The lowest BCUT2D eigenvalue weighted by atomic mass is 10.2. The van der Waals surface area contributed by atoms with Gasteiger partial charge in [0, 0.05) is 0 Å². The van der Waals surface area contributed by atoms with Crippen LogP contribution in [0.4, 0.5) is 27.5 Å². The highest BCUT2D eigenvalue weighted by molar-refractivity contribution is 6.07. The average molecular weight is 363 g/mol. The average Bonchev–Trinajstić information content (AvgIpc) is 2.70. The molecular formula is C20H17N3O4. The molecule has 0 bridgehead atoms. The number of nitrogens with zero attached hydrogens (tertiary/aromatic N) is 2. The second kappa shape index (κ2) is 8.01. The summed E-state index contributed by atoms with van der Waals surface area (Å²) in [4.78, 5) is 25.3. The number of rotatable bonds is 5. The Morgan fingerprint density at radius 2 is 1.52 bits per heavy atom. The molecule has 0 atom stereocenters. The second-order valence-electron chi connectivity index (χ2n) is 5.58. The Hall–Kier alpha value is -3.87. The molecule has 7 nitrogen and oxygen atoms in total. The Morgan fingerprint density at radius 3 is 2.00 bits per heavy atom. The summed E-state index contributed by atoms with van der Waals surface area (Å²) in [5, 5.41) is 14.0. The van der Waals surface area contributed by atoms with Gasteiger partial charge in [0.15, 0.2) is 0 Å². The fourth-order valence-corrected chi connectivity index (χ4v) is 2.60. The number of nitro benzene ring substituents is 1. The van der Waals surface area contributed by atoms with Gasteiger partial charge in [0.25, 0.3) is 5.69 Å². The third-order valence-corrected chi connectivity index (χ3v) is 3.88. The van der Waals surface area contributed by atoms with Crippen LogP contribution in [0.5, 0.6) is 5.75 Å². The van der Waals surface area contributed by atoms with Gasteiger partial charge in [-0.15, -0.1) is 0 Å². The van der Waals surface area contributed by atoms with Gasteiger partial charge >= 0.3 is 6.03 Å². The molecule has 0 fully saturated rings. The largest absolute Gasteiger partial charge is 0.496 e. The van der Waals surface area contributed by atoms with Crippen molar-refractivity contribution in [1.82, 2.24) is 0 Å². The Kier molecular flexibility index (Phi) is 5.32.